The zero-order chi connectivity index (χ0) is 20.3. The Kier molecular flexibility index (Phi) is 5.39. The monoisotopic (exact) mass is 386 g/mol. The molecule has 1 aliphatic rings. The fourth-order valence-electron chi connectivity index (χ4n) is 2.73. The first-order valence-corrected chi connectivity index (χ1v) is 8.32. The van der Waals surface area contributed by atoms with Gasteiger partial charge in [-0.15, -0.1) is 0 Å². The summed E-state index contributed by atoms with van der Waals surface area (Å²) in [5.74, 6) is -1.83. The lowest BCUT2D eigenvalue weighted by Gasteiger charge is -2.39. The molecule has 1 aromatic heterocycles. The van der Waals surface area contributed by atoms with Crippen LogP contribution in [0.1, 0.15) is 31.3 Å². The molecule has 2 amide bonds. The Bertz CT molecular complexity index is 904. The van der Waals surface area contributed by atoms with Crippen molar-refractivity contribution in [2.75, 3.05) is 27.3 Å². The second-order valence-electron chi connectivity index (χ2n) is 6.01. The van der Waals surface area contributed by atoms with Crippen LogP contribution in [0, 0.1) is 0 Å². The maximum Gasteiger partial charge on any atom is 0.336 e. The predicted molar refractivity (Wildman–Crippen MR) is 95.7 cm³/mol. The number of carboxylic acids is 1. The molecule has 1 fully saturated rings. The van der Waals surface area contributed by atoms with Gasteiger partial charge in [0.2, 0.25) is 17.6 Å². The number of aromatic nitrogens is 2. The van der Waals surface area contributed by atoms with E-state index in [2.05, 4.69) is 15.3 Å². The summed E-state index contributed by atoms with van der Waals surface area (Å²) in [5, 5.41) is 11.9. The Balaban J connectivity index is 1.62. The largest absolute Gasteiger partial charge is 0.481 e. The van der Waals surface area contributed by atoms with Crippen LogP contribution in [0.5, 0.6) is 11.8 Å². The highest BCUT2D eigenvalue weighted by Gasteiger charge is 2.34. The van der Waals surface area contributed by atoms with Gasteiger partial charge in [-0.25, -0.2) is 4.79 Å². The molecule has 2 N–H and O–H groups in total. The van der Waals surface area contributed by atoms with E-state index in [1.807, 2.05) is 0 Å². The van der Waals surface area contributed by atoms with E-state index in [0.717, 1.165) is 0 Å². The van der Waals surface area contributed by atoms with Crippen molar-refractivity contribution < 1.29 is 29.0 Å². The van der Waals surface area contributed by atoms with E-state index in [9.17, 15) is 19.5 Å². The zero-order valence-electron chi connectivity index (χ0n) is 15.2. The Labute approximate surface area is 160 Å². The number of hydrogen-bond acceptors (Lipinski definition) is 7. The summed E-state index contributed by atoms with van der Waals surface area (Å²) in [4.78, 5) is 45.5. The van der Waals surface area contributed by atoms with E-state index < -0.39 is 17.8 Å². The lowest BCUT2D eigenvalue weighted by molar-refractivity contribution is 0.0532. The number of carboxylic acid groups (broad SMARTS) is 1. The number of nitrogens with zero attached hydrogens (tertiary/aromatic N) is 3. The molecule has 0 spiro atoms. The number of hydrogen-bond donors (Lipinski definition) is 2. The summed E-state index contributed by atoms with van der Waals surface area (Å²) in [5.41, 5.74) is 0.0532. The van der Waals surface area contributed by atoms with Gasteiger partial charge in [-0.2, -0.15) is 9.97 Å². The molecule has 0 unspecified atom stereocenters. The first kappa shape index (κ1) is 19.1. The van der Waals surface area contributed by atoms with Crippen LogP contribution < -0.4 is 14.8 Å². The third kappa shape index (κ3) is 3.85. The van der Waals surface area contributed by atoms with Crippen molar-refractivity contribution in [2.45, 2.75) is 6.04 Å². The number of amides is 2. The Hall–Kier alpha value is -3.69. The maximum atomic E-state index is 12.5. The SMILES string of the molecule is COc1cc(OC)nc(C(=O)NC2CN(C(=O)c3ccccc3C(=O)O)C2)n1. The van der Waals surface area contributed by atoms with E-state index >= 15 is 0 Å². The number of likely N-dealkylation sites (tertiary alicyclic amines) is 1. The van der Waals surface area contributed by atoms with Crippen molar-refractivity contribution in [1.82, 2.24) is 20.2 Å². The highest BCUT2D eigenvalue weighted by Crippen LogP contribution is 2.18. The highest BCUT2D eigenvalue weighted by atomic mass is 16.5. The first-order valence-electron chi connectivity index (χ1n) is 8.32. The number of ether oxygens (including phenoxy) is 2. The van der Waals surface area contributed by atoms with Gasteiger partial charge in [0.15, 0.2) is 0 Å². The average Bonchev–Trinajstić information content (AvgIpc) is 2.69. The van der Waals surface area contributed by atoms with Crippen molar-refractivity contribution >= 4 is 17.8 Å². The molecule has 0 atom stereocenters. The van der Waals surface area contributed by atoms with Crippen molar-refractivity contribution in [2.24, 2.45) is 0 Å². The van der Waals surface area contributed by atoms with Gasteiger partial charge in [-0.3, -0.25) is 9.59 Å². The number of carbonyl (C=O) groups excluding carboxylic acids is 2. The summed E-state index contributed by atoms with van der Waals surface area (Å²) in [6.45, 7) is 0.499. The molecule has 2 aromatic rings. The molecular formula is C18H18N4O6. The minimum Gasteiger partial charge on any atom is -0.481 e. The minimum atomic E-state index is -1.17. The fourth-order valence-corrected chi connectivity index (χ4v) is 2.73. The normalized spacial score (nSPS) is 13.4. The number of rotatable bonds is 6. The van der Waals surface area contributed by atoms with E-state index in [1.165, 1.54) is 37.3 Å². The number of carbonyl (C=O) groups is 3. The molecular weight excluding hydrogens is 368 g/mol. The lowest BCUT2D eigenvalue weighted by atomic mass is 10.0. The van der Waals surface area contributed by atoms with Crippen LogP contribution in [0.25, 0.3) is 0 Å². The summed E-state index contributed by atoms with van der Waals surface area (Å²) < 4.78 is 10.0. The number of benzene rings is 1. The summed E-state index contributed by atoms with van der Waals surface area (Å²) in [6.07, 6.45) is 0. The number of methoxy groups -OCH3 is 2. The molecule has 1 aromatic carbocycles. The Morgan fingerprint density at radius 1 is 1.07 bits per heavy atom. The van der Waals surface area contributed by atoms with Gasteiger partial charge in [0.05, 0.1) is 37.5 Å². The van der Waals surface area contributed by atoms with Gasteiger partial charge >= 0.3 is 5.97 Å². The molecule has 2 heterocycles. The zero-order valence-corrected chi connectivity index (χ0v) is 15.2. The molecule has 1 saturated heterocycles. The summed E-state index contributed by atoms with van der Waals surface area (Å²) >= 11 is 0. The maximum absolute atomic E-state index is 12.5. The smallest absolute Gasteiger partial charge is 0.336 e. The standard InChI is InChI=1S/C18H18N4O6/c1-27-13-7-14(28-2)21-15(20-13)16(23)19-10-8-22(9-10)17(24)11-5-3-4-6-12(11)18(25)26/h3-7,10H,8-9H2,1-2H3,(H,19,23)(H,25,26). The molecule has 0 radical (unpaired) electrons. The van der Waals surface area contributed by atoms with Crippen LogP contribution in [0.4, 0.5) is 0 Å². The van der Waals surface area contributed by atoms with Gasteiger partial charge in [0.25, 0.3) is 11.8 Å². The van der Waals surface area contributed by atoms with Crippen LogP contribution in [0.15, 0.2) is 30.3 Å². The highest BCUT2D eigenvalue weighted by molar-refractivity contribution is 6.05. The van der Waals surface area contributed by atoms with Crippen molar-refractivity contribution in [3.05, 3.63) is 47.3 Å². The molecule has 3 rings (SSSR count). The first-order chi connectivity index (χ1) is 13.4. The molecule has 1 aliphatic heterocycles. The molecule has 146 valence electrons. The Morgan fingerprint density at radius 3 is 2.18 bits per heavy atom. The molecule has 10 heteroatoms. The topological polar surface area (TPSA) is 131 Å². The van der Waals surface area contributed by atoms with Crippen molar-refractivity contribution in [1.29, 1.82) is 0 Å². The van der Waals surface area contributed by atoms with Crippen molar-refractivity contribution in [3.8, 4) is 11.8 Å². The lowest BCUT2D eigenvalue weighted by Crippen LogP contribution is -2.61. The summed E-state index contributed by atoms with van der Waals surface area (Å²) in [7, 11) is 2.82. The van der Waals surface area contributed by atoms with Crippen LogP contribution in [-0.2, 0) is 0 Å². The minimum absolute atomic E-state index is 0.0585. The van der Waals surface area contributed by atoms with Gasteiger partial charge in [-0.05, 0) is 12.1 Å². The molecule has 10 nitrogen and oxygen atoms in total. The molecule has 0 saturated carbocycles. The molecule has 28 heavy (non-hydrogen) atoms. The second-order valence-corrected chi connectivity index (χ2v) is 6.01. The number of nitrogens with one attached hydrogen (secondary N) is 1. The van der Waals surface area contributed by atoms with E-state index in [4.69, 9.17) is 9.47 Å². The van der Waals surface area contributed by atoms with Crippen LogP contribution in [0.3, 0.4) is 0 Å². The van der Waals surface area contributed by atoms with E-state index in [1.54, 1.807) is 12.1 Å². The van der Waals surface area contributed by atoms with E-state index in [-0.39, 0.29) is 47.8 Å². The summed E-state index contributed by atoms with van der Waals surface area (Å²) in [6, 6.07) is 7.15. The number of aromatic carboxylic acids is 1. The average molecular weight is 386 g/mol. The van der Waals surface area contributed by atoms with E-state index in [0.29, 0.717) is 0 Å². The van der Waals surface area contributed by atoms with Crippen LogP contribution >= 0.6 is 0 Å². The van der Waals surface area contributed by atoms with Gasteiger partial charge in [-0.1, -0.05) is 12.1 Å². The Morgan fingerprint density at radius 2 is 1.64 bits per heavy atom. The quantitative estimate of drug-likeness (QED) is 0.731. The van der Waals surface area contributed by atoms with Crippen molar-refractivity contribution in [3.63, 3.8) is 0 Å². The molecule has 0 bridgehead atoms. The van der Waals surface area contributed by atoms with Crippen LogP contribution in [0.2, 0.25) is 0 Å². The van der Waals surface area contributed by atoms with Gasteiger partial charge in [0.1, 0.15) is 0 Å². The van der Waals surface area contributed by atoms with Gasteiger partial charge in [0, 0.05) is 13.1 Å². The third-order valence-corrected chi connectivity index (χ3v) is 4.19. The molecule has 0 aliphatic carbocycles. The fraction of sp³-hybridized carbons (Fsp3) is 0.278. The predicted octanol–water partition coefficient (Wildman–Crippen LogP) is 0.446. The second kappa shape index (κ2) is 7.91. The van der Waals surface area contributed by atoms with Crippen LogP contribution in [-0.4, -0.2) is 71.1 Å². The third-order valence-electron chi connectivity index (χ3n) is 4.19. The van der Waals surface area contributed by atoms with Gasteiger partial charge < -0.3 is 24.8 Å².